The van der Waals surface area contributed by atoms with Crippen molar-refractivity contribution in [2.75, 3.05) is 5.32 Å². The zero-order chi connectivity index (χ0) is 20.8. The average Bonchev–Trinajstić information content (AvgIpc) is 3.23. The van der Waals surface area contributed by atoms with Gasteiger partial charge >= 0.3 is 0 Å². The van der Waals surface area contributed by atoms with E-state index in [9.17, 15) is 4.79 Å². The lowest BCUT2D eigenvalue weighted by Gasteiger charge is -2.06. The summed E-state index contributed by atoms with van der Waals surface area (Å²) in [7, 11) is 0. The summed E-state index contributed by atoms with van der Waals surface area (Å²) >= 11 is 5.95. The third-order valence-electron chi connectivity index (χ3n) is 4.32. The Balaban J connectivity index is 1.61. The van der Waals surface area contributed by atoms with E-state index in [1.165, 1.54) is 10.8 Å². The van der Waals surface area contributed by atoms with Crippen LogP contribution in [-0.2, 0) is 6.54 Å². The molecule has 2 aromatic carbocycles. The highest BCUT2D eigenvalue weighted by Crippen LogP contribution is 2.18. The van der Waals surface area contributed by atoms with Gasteiger partial charge in [0.15, 0.2) is 5.82 Å². The highest BCUT2D eigenvalue weighted by molar-refractivity contribution is 6.30. The van der Waals surface area contributed by atoms with Gasteiger partial charge in [-0.15, -0.1) is 5.10 Å². The van der Waals surface area contributed by atoms with Gasteiger partial charge < -0.3 is 5.32 Å². The van der Waals surface area contributed by atoms with Gasteiger partial charge in [-0.3, -0.25) is 9.78 Å². The second-order valence-electron chi connectivity index (χ2n) is 6.47. The van der Waals surface area contributed by atoms with Crippen molar-refractivity contribution in [3.8, 4) is 11.4 Å². The summed E-state index contributed by atoms with van der Waals surface area (Å²) in [5, 5.41) is 8.26. The van der Waals surface area contributed by atoms with Crippen molar-refractivity contribution in [1.82, 2.24) is 19.7 Å². The average molecular weight is 416 g/mol. The molecule has 0 bridgehead atoms. The molecule has 7 heteroatoms. The molecule has 0 saturated carbocycles. The number of hydrogen-bond donors (Lipinski definition) is 1. The molecule has 0 aliphatic rings. The largest absolute Gasteiger partial charge is 0.350 e. The maximum atomic E-state index is 12.8. The number of rotatable bonds is 6. The number of allylic oxidation sites excluding steroid dienone is 1. The number of halogens is 1. The molecule has 0 saturated heterocycles. The number of carbonyl (C=O) groups is 1. The fourth-order valence-electron chi connectivity index (χ4n) is 2.78. The van der Waals surface area contributed by atoms with Gasteiger partial charge in [0.25, 0.3) is 5.91 Å². The van der Waals surface area contributed by atoms with Crippen molar-refractivity contribution in [2.24, 2.45) is 0 Å². The Morgan fingerprint density at radius 1 is 1.03 bits per heavy atom. The van der Waals surface area contributed by atoms with E-state index in [4.69, 9.17) is 11.6 Å². The predicted molar refractivity (Wildman–Crippen MR) is 118 cm³/mol. The quantitative estimate of drug-likeness (QED) is 0.450. The number of aromatic nitrogens is 4. The van der Waals surface area contributed by atoms with Crippen molar-refractivity contribution in [3.05, 3.63) is 101 Å². The van der Waals surface area contributed by atoms with Gasteiger partial charge in [-0.1, -0.05) is 54.1 Å². The molecule has 2 aromatic heterocycles. The molecule has 30 heavy (non-hydrogen) atoms. The molecule has 0 unspecified atom stereocenters. The van der Waals surface area contributed by atoms with Crippen LogP contribution in [-0.4, -0.2) is 25.7 Å². The Morgan fingerprint density at radius 3 is 2.57 bits per heavy atom. The van der Waals surface area contributed by atoms with Gasteiger partial charge in [0.1, 0.15) is 0 Å². The number of anilines is 1. The Labute approximate surface area is 178 Å². The van der Waals surface area contributed by atoms with Gasteiger partial charge in [0.2, 0.25) is 5.95 Å². The highest BCUT2D eigenvalue weighted by atomic mass is 35.5. The van der Waals surface area contributed by atoms with Crippen LogP contribution in [0.5, 0.6) is 0 Å². The lowest BCUT2D eigenvalue weighted by Crippen LogP contribution is -2.14. The summed E-state index contributed by atoms with van der Waals surface area (Å²) in [6, 6.07) is 20.7. The standard InChI is InChI=1S/C23H18ClN5O/c24-20-11-8-18(9-12-20)15-26-23-27-22(19-7-4-14-25-16-19)28-29(23)21(30)13-10-17-5-2-1-3-6-17/h1-14,16H,15H2,(H,26,27,28). The smallest absolute Gasteiger partial charge is 0.274 e. The maximum absolute atomic E-state index is 12.8. The molecule has 0 atom stereocenters. The molecule has 0 aliphatic heterocycles. The maximum Gasteiger partial charge on any atom is 0.274 e. The van der Waals surface area contributed by atoms with E-state index in [-0.39, 0.29) is 5.91 Å². The summed E-state index contributed by atoms with van der Waals surface area (Å²) in [4.78, 5) is 21.5. The van der Waals surface area contributed by atoms with Crippen LogP contribution in [0.2, 0.25) is 5.02 Å². The van der Waals surface area contributed by atoms with E-state index in [0.29, 0.717) is 23.3 Å². The number of nitrogens with one attached hydrogen (secondary N) is 1. The summed E-state index contributed by atoms with van der Waals surface area (Å²) in [5.74, 6) is 0.467. The molecule has 4 rings (SSSR count). The van der Waals surface area contributed by atoms with Crippen LogP contribution in [0.3, 0.4) is 0 Å². The minimum absolute atomic E-state index is 0.305. The minimum atomic E-state index is -0.305. The summed E-state index contributed by atoms with van der Waals surface area (Å²) < 4.78 is 1.26. The van der Waals surface area contributed by atoms with Crippen LogP contribution in [0.25, 0.3) is 17.5 Å². The lowest BCUT2D eigenvalue weighted by atomic mass is 10.2. The normalized spacial score (nSPS) is 11.0. The van der Waals surface area contributed by atoms with E-state index < -0.39 is 0 Å². The van der Waals surface area contributed by atoms with Gasteiger partial charge in [-0.2, -0.15) is 9.67 Å². The van der Waals surface area contributed by atoms with E-state index >= 15 is 0 Å². The van der Waals surface area contributed by atoms with Crippen molar-refractivity contribution in [2.45, 2.75) is 6.54 Å². The Kier molecular flexibility index (Phi) is 5.96. The first kappa shape index (κ1) is 19.5. The van der Waals surface area contributed by atoms with Crippen LogP contribution in [0.15, 0.2) is 85.2 Å². The fourth-order valence-corrected chi connectivity index (χ4v) is 2.91. The first-order valence-corrected chi connectivity index (χ1v) is 9.70. The summed E-state index contributed by atoms with van der Waals surface area (Å²) in [6.07, 6.45) is 6.56. The first-order chi connectivity index (χ1) is 14.7. The van der Waals surface area contributed by atoms with Crippen LogP contribution in [0.1, 0.15) is 15.9 Å². The Hall–Kier alpha value is -3.77. The summed E-state index contributed by atoms with van der Waals surface area (Å²) in [5.41, 5.74) is 2.66. The molecule has 1 N–H and O–H groups in total. The topological polar surface area (TPSA) is 72.7 Å². The van der Waals surface area contributed by atoms with Crippen molar-refractivity contribution >= 4 is 29.5 Å². The lowest BCUT2D eigenvalue weighted by molar-refractivity contribution is 0.0957. The van der Waals surface area contributed by atoms with Gasteiger partial charge in [0.05, 0.1) is 0 Å². The molecule has 2 heterocycles. The molecular weight excluding hydrogens is 398 g/mol. The van der Waals surface area contributed by atoms with Gasteiger partial charge in [-0.25, -0.2) is 0 Å². The van der Waals surface area contributed by atoms with E-state index in [0.717, 1.165) is 16.7 Å². The van der Waals surface area contributed by atoms with Crippen LogP contribution < -0.4 is 5.32 Å². The van der Waals surface area contributed by atoms with Crippen LogP contribution in [0, 0.1) is 0 Å². The van der Waals surface area contributed by atoms with Gasteiger partial charge in [-0.05, 0) is 41.5 Å². The zero-order valence-electron chi connectivity index (χ0n) is 15.9. The predicted octanol–water partition coefficient (Wildman–Crippen LogP) is 4.96. The van der Waals surface area contributed by atoms with E-state index in [1.807, 2.05) is 60.7 Å². The molecule has 0 aliphatic carbocycles. The number of pyridine rings is 1. The monoisotopic (exact) mass is 415 g/mol. The van der Waals surface area contributed by atoms with Crippen molar-refractivity contribution in [3.63, 3.8) is 0 Å². The van der Waals surface area contributed by atoms with Crippen LogP contribution in [0.4, 0.5) is 5.95 Å². The number of benzene rings is 2. The molecule has 148 valence electrons. The van der Waals surface area contributed by atoms with Crippen molar-refractivity contribution < 1.29 is 4.79 Å². The molecule has 0 amide bonds. The Morgan fingerprint density at radius 2 is 1.83 bits per heavy atom. The molecule has 0 spiro atoms. The molecular formula is C23H18ClN5O. The number of nitrogens with zero attached hydrogens (tertiary/aromatic N) is 4. The minimum Gasteiger partial charge on any atom is -0.350 e. The SMILES string of the molecule is O=C(C=Cc1ccccc1)n1nc(-c2cccnc2)nc1NCc1ccc(Cl)cc1. The molecule has 6 nitrogen and oxygen atoms in total. The Bertz CT molecular complexity index is 1160. The second kappa shape index (κ2) is 9.15. The third-order valence-corrected chi connectivity index (χ3v) is 4.57. The molecule has 0 radical (unpaired) electrons. The fraction of sp³-hybridized carbons (Fsp3) is 0.0435. The number of carbonyl (C=O) groups excluding carboxylic acids is 1. The van der Waals surface area contributed by atoms with E-state index in [2.05, 4.69) is 20.4 Å². The number of hydrogen-bond acceptors (Lipinski definition) is 5. The van der Waals surface area contributed by atoms with Crippen molar-refractivity contribution in [1.29, 1.82) is 0 Å². The first-order valence-electron chi connectivity index (χ1n) is 9.32. The van der Waals surface area contributed by atoms with Crippen LogP contribution >= 0.6 is 11.6 Å². The second-order valence-corrected chi connectivity index (χ2v) is 6.91. The molecule has 0 fully saturated rings. The molecule has 4 aromatic rings. The zero-order valence-corrected chi connectivity index (χ0v) is 16.7. The van der Waals surface area contributed by atoms with Gasteiger partial charge in [0, 0.05) is 35.6 Å². The third kappa shape index (κ3) is 4.79. The summed E-state index contributed by atoms with van der Waals surface area (Å²) in [6.45, 7) is 0.470. The highest BCUT2D eigenvalue weighted by Gasteiger charge is 2.15. The van der Waals surface area contributed by atoms with E-state index in [1.54, 1.807) is 24.5 Å².